The van der Waals surface area contributed by atoms with Gasteiger partial charge >= 0.3 is 22.5 Å². The van der Waals surface area contributed by atoms with Crippen molar-refractivity contribution in [3.05, 3.63) is 208 Å². The Morgan fingerprint density at radius 1 is 0.266 bits per heavy atom. The fourth-order valence-corrected chi connectivity index (χ4v) is 8.24. The van der Waals surface area contributed by atoms with Crippen LogP contribution in [-0.4, -0.2) is 18.3 Å². The Morgan fingerprint density at radius 2 is 0.422 bits per heavy atom. The predicted octanol–water partition coefficient (Wildman–Crippen LogP) is 0.460. The highest BCUT2D eigenvalue weighted by Gasteiger charge is 2.29. The molecule has 0 amide bonds. The van der Waals surface area contributed by atoms with E-state index in [1.54, 1.807) is 0 Å². The van der Waals surface area contributed by atoms with Crippen LogP contribution >= 0.6 is 0 Å². The third-order valence-corrected chi connectivity index (χ3v) is 11.2. The molecule has 18 nitrogen and oxygen atoms in total. The second-order valence-electron chi connectivity index (χ2n) is 14.4. The maximum absolute atomic E-state index is 15.9. The quantitative estimate of drug-likeness (QED) is 0.218. The van der Waals surface area contributed by atoms with Crippen molar-refractivity contribution < 1.29 is 26.4 Å². The van der Waals surface area contributed by atoms with Gasteiger partial charge in [-0.2, -0.15) is 0 Å². The molecule has 0 saturated heterocycles. The molecule has 64 heavy (non-hydrogen) atoms. The van der Waals surface area contributed by atoms with E-state index in [2.05, 4.69) is 8.83 Å². The van der Waals surface area contributed by atoms with Crippen molar-refractivity contribution in [1.82, 2.24) is 18.3 Å². The van der Waals surface area contributed by atoms with Crippen molar-refractivity contribution in [3.63, 3.8) is 0 Å². The smallest absolute Gasteiger partial charge is 0.346 e. The molecule has 11 aromatic rings. The van der Waals surface area contributed by atoms with Crippen molar-refractivity contribution in [1.29, 1.82) is 0 Å². The van der Waals surface area contributed by atoms with Crippen molar-refractivity contribution >= 4 is 64.6 Å². The molecule has 0 N–H and O–H groups in total. The Morgan fingerprint density at radius 3 is 0.594 bits per heavy atom. The molecule has 0 bridgehead atoms. The van der Waals surface area contributed by atoms with Gasteiger partial charge in [0.15, 0.2) is 23.3 Å². The molecule has 0 radical (unpaired) electrons. The molecule has 22 heteroatoms. The lowest BCUT2D eigenvalue weighted by molar-refractivity contribution is 0.498. The summed E-state index contributed by atoms with van der Waals surface area (Å²) in [6.07, 6.45) is 0. The number of hydrogen-bond donors (Lipinski definition) is 0. The topological polar surface area (TPSA) is 251 Å². The van der Waals surface area contributed by atoms with Crippen LogP contribution in [0.5, 0.6) is 0 Å². The number of halogens is 4. The zero-order valence-electron chi connectivity index (χ0n) is 30.8. The Kier molecular flexibility index (Phi) is 7.15. The summed E-state index contributed by atoms with van der Waals surface area (Å²) in [6, 6.07) is 7.76. The second-order valence-corrected chi connectivity index (χ2v) is 14.4. The largest absolute Gasteiger partial charge is 0.386 e. The molecule has 6 heterocycles. The molecule has 11 rings (SSSR count). The molecule has 0 saturated carbocycles. The summed E-state index contributed by atoms with van der Waals surface area (Å²) in [7, 11) is 0. The lowest BCUT2D eigenvalue weighted by atomic mass is 10.1. The molecule has 0 aliphatic carbocycles. The highest BCUT2D eigenvalue weighted by Crippen LogP contribution is 2.26. The van der Waals surface area contributed by atoms with Crippen LogP contribution < -0.4 is 67.0 Å². The summed E-state index contributed by atoms with van der Waals surface area (Å²) < 4.78 is 73.0. The van der Waals surface area contributed by atoms with Gasteiger partial charge < -0.3 is 8.83 Å². The van der Waals surface area contributed by atoms with Gasteiger partial charge in [0.2, 0.25) is 0 Å². The first kappa shape index (κ1) is 37.6. The van der Waals surface area contributed by atoms with Crippen LogP contribution in [0, 0.1) is 23.3 Å². The third kappa shape index (κ3) is 4.50. The van der Waals surface area contributed by atoms with Gasteiger partial charge in [-0.25, -0.2) is 55.0 Å². The van der Waals surface area contributed by atoms with Gasteiger partial charge in [0.25, 0.3) is 44.5 Å². The maximum atomic E-state index is 15.9. The van der Waals surface area contributed by atoms with Gasteiger partial charge in [-0.15, -0.1) is 0 Å². The summed E-state index contributed by atoms with van der Waals surface area (Å²) in [5, 5.41) is -5.64. The summed E-state index contributed by atoms with van der Waals surface area (Å²) >= 11 is 0. The first-order valence-corrected chi connectivity index (χ1v) is 18.0. The van der Waals surface area contributed by atoms with Gasteiger partial charge in [-0.1, -0.05) is 0 Å². The first-order valence-electron chi connectivity index (χ1n) is 18.0. The Balaban J connectivity index is 1.02. The second kappa shape index (κ2) is 12.2. The van der Waals surface area contributed by atoms with E-state index < -0.39 is 156 Å². The van der Waals surface area contributed by atoms with Gasteiger partial charge in [0.1, 0.15) is 0 Å². The van der Waals surface area contributed by atoms with Gasteiger partial charge in [-0.05, 0) is 60.7 Å². The molecule has 0 aliphatic rings. The van der Waals surface area contributed by atoms with Crippen molar-refractivity contribution in [2.75, 3.05) is 0 Å². The number of furan rings is 2. The van der Waals surface area contributed by atoms with Gasteiger partial charge in [0.05, 0.1) is 87.4 Å². The number of benzene rings is 5. The normalized spacial score (nSPS) is 12.2. The summed E-state index contributed by atoms with van der Waals surface area (Å²) in [5.41, 5.74) is -18.8. The highest BCUT2D eigenvalue weighted by atomic mass is 19.2. The van der Waals surface area contributed by atoms with Crippen LogP contribution in [0.1, 0.15) is 0 Å². The van der Waals surface area contributed by atoms with E-state index in [1.807, 2.05) is 0 Å². The third-order valence-electron chi connectivity index (χ3n) is 11.2. The average molecular weight is 871 g/mol. The SMILES string of the molecule is O=c1oc(=O)c2cc3c(=O)n(-c4ccc(-n5c(=O)c6cc7c(=O)n(-c8ccc(-n9c(=O)c%10cc%11c(=O)oc(=O)c%11cc%10c9=O)c(F)c8F)c(=O)c7cc6c5=O)c(F)c4F)c(=O)c3cc12. The fourth-order valence-electron chi connectivity index (χ4n) is 8.24. The number of aromatic nitrogens is 4. The van der Waals surface area contributed by atoms with E-state index in [1.165, 1.54) is 0 Å². The molecule has 0 spiro atoms. The highest BCUT2D eigenvalue weighted by molar-refractivity contribution is 6.00. The summed E-state index contributed by atoms with van der Waals surface area (Å²) in [6.45, 7) is 0. The Hall–Kier alpha value is -9.34. The minimum atomic E-state index is -1.92. The number of rotatable bonds is 4. The zero-order chi connectivity index (χ0) is 45.3. The minimum Gasteiger partial charge on any atom is -0.386 e. The molecular weight excluding hydrogens is 860 g/mol. The van der Waals surface area contributed by atoms with E-state index in [0.29, 0.717) is 24.3 Å². The van der Waals surface area contributed by atoms with Crippen LogP contribution in [0.2, 0.25) is 0 Å². The van der Waals surface area contributed by atoms with Crippen molar-refractivity contribution in [2.45, 2.75) is 0 Å². The molecule has 310 valence electrons. The average Bonchev–Trinajstić information content (AvgIpc) is 4.01. The van der Waals surface area contributed by atoms with Gasteiger partial charge in [-0.3, -0.25) is 38.4 Å². The van der Waals surface area contributed by atoms with E-state index in [-0.39, 0.29) is 39.8 Å². The van der Waals surface area contributed by atoms with Crippen LogP contribution in [0.4, 0.5) is 17.6 Å². The standard InChI is InChI=1S/C42H10F4N4O14/c43-27-23(1-3-25(29(27)45)49-35(55)15-7-19-20(8-16(15)36(49)56)40(60)63-39(19)59)47-31(51)11-5-13-14(6-12(11)32(47)52)34(54)48(33(13)53)24-2-4-26(30(46)28(24)44)50-37(57)17-9-21-22(10-18(17)38(50)58)42(62)64-41(21)61/h1-10H. The number of fused-ring (bicyclic) bond motifs is 6. The van der Waals surface area contributed by atoms with Crippen molar-refractivity contribution in [2.24, 2.45) is 0 Å². The van der Waals surface area contributed by atoms with Crippen LogP contribution in [0.3, 0.4) is 0 Å². The zero-order valence-corrected chi connectivity index (χ0v) is 30.8. The van der Waals surface area contributed by atoms with E-state index >= 15 is 17.6 Å². The van der Waals surface area contributed by atoms with Crippen molar-refractivity contribution in [3.8, 4) is 22.7 Å². The molecule has 0 unspecified atom stereocenters. The van der Waals surface area contributed by atoms with Crippen LogP contribution in [0.15, 0.2) is 127 Å². The van der Waals surface area contributed by atoms with E-state index in [0.717, 1.165) is 36.4 Å². The maximum Gasteiger partial charge on any atom is 0.346 e. The monoisotopic (exact) mass is 870 g/mol. The molecule has 5 aromatic carbocycles. The molecule has 0 aliphatic heterocycles. The molecular formula is C42H10F4N4O14. The molecule has 0 fully saturated rings. The van der Waals surface area contributed by atoms with Crippen LogP contribution in [-0.2, 0) is 0 Å². The number of nitrogens with zero attached hydrogens (tertiary/aromatic N) is 4. The van der Waals surface area contributed by atoms with Crippen LogP contribution in [0.25, 0.3) is 87.4 Å². The minimum absolute atomic E-state index is 0.142. The van der Waals surface area contributed by atoms with Gasteiger partial charge in [0, 0.05) is 0 Å². The fraction of sp³-hybridized carbons (Fsp3) is 0. The summed E-state index contributed by atoms with van der Waals surface area (Å²) in [5.74, 6) is -7.63. The van der Waals surface area contributed by atoms with E-state index in [4.69, 9.17) is 0 Å². The Labute approximate surface area is 340 Å². The lowest BCUT2D eigenvalue weighted by Gasteiger charge is -2.08. The lowest BCUT2D eigenvalue weighted by Crippen LogP contribution is -2.28. The van der Waals surface area contributed by atoms with E-state index in [9.17, 15) is 57.5 Å². The first-order chi connectivity index (χ1) is 30.4. The summed E-state index contributed by atoms with van der Waals surface area (Å²) in [4.78, 5) is 156. The Bertz CT molecular complexity index is 4240. The predicted molar refractivity (Wildman–Crippen MR) is 216 cm³/mol. The molecule has 6 aromatic heterocycles. The number of hydrogen-bond acceptors (Lipinski definition) is 14. The molecule has 0 atom stereocenters.